The number of ether oxygens (including phenoxy) is 2. The summed E-state index contributed by atoms with van der Waals surface area (Å²) < 4.78 is 11.6. The van der Waals surface area contributed by atoms with E-state index in [9.17, 15) is 10.2 Å². The highest BCUT2D eigenvalue weighted by Crippen LogP contribution is 2.46. The first-order valence-electron chi connectivity index (χ1n) is 6.73. The maximum atomic E-state index is 10.1. The van der Waals surface area contributed by atoms with Gasteiger partial charge in [-0.15, -0.1) is 0 Å². The standard InChI is InChI=1S/C12H21N3O5/c1-12(2)19-9-3-6(10(18)8(17)5-16)7(4-14-15-13)11(9)20-12/h6-11,16-18H,3-5H2,1-2H3/t6-,7-,8?,9?,10?,11+/m0/s1. The van der Waals surface area contributed by atoms with Gasteiger partial charge in [0.15, 0.2) is 5.79 Å². The van der Waals surface area contributed by atoms with Crippen LogP contribution in [0, 0.1) is 11.8 Å². The van der Waals surface area contributed by atoms with E-state index in [0.29, 0.717) is 6.42 Å². The van der Waals surface area contributed by atoms with Gasteiger partial charge in [0.25, 0.3) is 0 Å². The maximum Gasteiger partial charge on any atom is 0.163 e. The van der Waals surface area contributed by atoms with E-state index < -0.39 is 24.6 Å². The fraction of sp³-hybridized carbons (Fsp3) is 1.00. The first-order valence-corrected chi connectivity index (χ1v) is 6.73. The van der Waals surface area contributed by atoms with Crippen LogP contribution in [-0.4, -0.2) is 58.7 Å². The van der Waals surface area contributed by atoms with Gasteiger partial charge in [-0.1, -0.05) is 5.11 Å². The predicted molar refractivity (Wildman–Crippen MR) is 68.5 cm³/mol. The molecule has 0 aromatic rings. The summed E-state index contributed by atoms with van der Waals surface area (Å²) in [5.74, 6) is -1.28. The fourth-order valence-electron chi connectivity index (χ4n) is 3.25. The van der Waals surface area contributed by atoms with E-state index in [-0.39, 0.29) is 30.6 Å². The summed E-state index contributed by atoms with van der Waals surface area (Å²) in [7, 11) is 0. The number of azide groups is 1. The lowest BCUT2D eigenvalue weighted by molar-refractivity contribution is -0.167. The van der Waals surface area contributed by atoms with Crippen LogP contribution in [0.3, 0.4) is 0 Å². The second kappa shape index (κ2) is 5.85. The minimum absolute atomic E-state index is 0.164. The third kappa shape index (κ3) is 2.90. The van der Waals surface area contributed by atoms with E-state index >= 15 is 0 Å². The van der Waals surface area contributed by atoms with Crippen LogP contribution in [0.2, 0.25) is 0 Å². The summed E-state index contributed by atoms with van der Waals surface area (Å²) in [5, 5.41) is 32.3. The molecule has 20 heavy (non-hydrogen) atoms. The van der Waals surface area contributed by atoms with E-state index in [0.717, 1.165) is 0 Å². The van der Waals surface area contributed by atoms with Crippen molar-refractivity contribution >= 4 is 0 Å². The van der Waals surface area contributed by atoms with Crippen molar-refractivity contribution in [1.29, 1.82) is 0 Å². The zero-order chi connectivity index (χ0) is 14.9. The van der Waals surface area contributed by atoms with Crippen molar-refractivity contribution in [2.24, 2.45) is 17.0 Å². The molecule has 1 saturated heterocycles. The number of nitrogens with zero attached hydrogens (tertiary/aromatic N) is 3. The van der Waals surface area contributed by atoms with E-state index in [1.807, 2.05) is 13.8 Å². The Kier molecular flexibility index (Phi) is 4.53. The normalized spacial score (nSPS) is 38.0. The van der Waals surface area contributed by atoms with Crippen molar-refractivity contribution in [3.8, 4) is 0 Å². The van der Waals surface area contributed by atoms with Gasteiger partial charge in [0.2, 0.25) is 0 Å². The molecule has 0 radical (unpaired) electrons. The number of hydrogen-bond acceptors (Lipinski definition) is 6. The van der Waals surface area contributed by atoms with Gasteiger partial charge in [-0.25, -0.2) is 0 Å². The van der Waals surface area contributed by atoms with Crippen LogP contribution < -0.4 is 0 Å². The van der Waals surface area contributed by atoms with Crippen molar-refractivity contribution < 1.29 is 24.8 Å². The summed E-state index contributed by atoms with van der Waals surface area (Å²) in [5.41, 5.74) is 8.48. The van der Waals surface area contributed by atoms with Crippen molar-refractivity contribution in [2.75, 3.05) is 13.2 Å². The molecule has 0 aromatic carbocycles. The Labute approximate surface area is 116 Å². The third-order valence-corrected chi connectivity index (χ3v) is 4.07. The molecule has 8 heteroatoms. The Hall–Kier alpha value is -0.890. The van der Waals surface area contributed by atoms with Gasteiger partial charge in [0.1, 0.15) is 6.10 Å². The van der Waals surface area contributed by atoms with Crippen molar-refractivity contribution in [2.45, 2.75) is 50.5 Å². The summed E-state index contributed by atoms with van der Waals surface area (Å²) in [4.78, 5) is 2.74. The molecule has 0 spiro atoms. The first kappa shape index (κ1) is 15.5. The van der Waals surface area contributed by atoms with Crippen LogP contribution in [0.1, 0.15) is 20.3 Å². The van der Waals surface area contributed by atoms with Crippen LogP contribution in [0.4, 0.5) is 0 Å². The van der Waals surface area contributed by atoms with E-state index in [1.165, 1.54) is 0 Å². The molecule has 1 aliphatic heterocycles. The van der Waals surface area contributed by atoms with Gasteiger partial charge in [0.05, 0.1) is 24.9 Å². The van der Waals surface area contributed by atoms with Crippen LogP contribution in [-0.2, 0) is 9.47 Å². The molecule has 3 unspecified atom stereocenters. The van der Waals surface area contributed by atoms with Gasteiger partial charge in [-0.3, -0.25) is 0 Å². The molecule has 1 aliphatic carbocycles. The van der Waals surface area contributed by atoms with E-state index in [4.69, 9.17) is 20.1 Å². The topological polar surface area (TPSA) is 128 Å². The zero-order valence-corrected chi connectivity index (χ0v) is 11.6. The average Bonchev–Trinajstić information content (AvgIpc) is 2.86. The Morgan fingerprint density at radius 2 is 2.10 bits per heavy atom. The van der Waals surface area contributed by atoms with Crippen LogP contribution in [0.5, 0.6) is 0 Å². The maximum absolute atomic E-state index is 10.1. The quantitative estimate of drug-likeness (QED) is 0.377. The van der Waals surface area contributed by atoms with Crippen molar-refractivity contribution in [1.82, 2.24) is 0 Å². The summed E-state index contributed by atoms with van der Waals surface area (Å²) in [6, 6.07) is 0. The number of fused-ring (bicyclic) bond motifs is 1. The summed E-state index contributed by atoms with van der Waals surface area (Å²) in [6.07, 6.45) is -2.30. The van der Waals surface area contributed by atoms with Crippen molar-refractivity contribution in [3.05, 3.63) is 10.4 Å². The Balaban J connectivity index is 2.15. The molecular formula is C12H21N3O5. The lowest BCUT2D eigenvalue weighted by Gasteiger charge is -2.30. The molecule has 6 atom stereocenters. The smallest absolute Gasteiger partial charge is 0.163 e. The monoisotopic (exact) mass is 287 g/mol. The number of aliphatic hydroxyl groups is 3. The molecule has 114 valence electrons. The highest BCUT2D eigenvalue weighted by Gasteiger charge is 2.55. The number of rotatable bonds is 5. The van der Waals surface area contributed by atoms with Gasteiger partial charge < -0.3 is 24.8 Å². The molecule has 0 amide bonds. The Bertz CT molecular complexity index is 399. The molecule has 1 saturated carbocycles. The molecule has 0 bridgehead atoms. The highest BCUT2D eigenvalue weighted by molar-refractivity contribution is 5.01. The third-order valence-electron chi connectivity index (χ3n) is 4.07. The molecule has 2 aliphatic rings. The SMILES string of the molecule is CC1(C)OC2C[C@H](C(O)C(O)CO)[C@H](CN=[N+]=[N-])[C@H]2O1. The van der Waals surface area contributed by atoms with Crippen LogP contribution in [0.15, 0.2) is 5.11 Å². The Morgan fingerprint density at radius 3 is 2.70 bits per heavy atom. The Morgan fingerprint density at radius 1 is 1.40 bits per heavy atom. The minimum Gasteiger partial charge on any atom is -0.394 e. The number of aliphatic hydroxyl groups excluding tert-OH is 3. The fourth-order valence-corrected chi connectivity index (χ4v) is 3.25. The van der Waals surface area contributed by atoms with Gasteiger partial charge in [-0.05, 0) is 37.6 Å². The molecule has 2 rings (SSSR count). The molecule has 1 heterocycles. The zero-order valence-electron chi connectivity index (χ0n) is 11.6. The molecule has 3 N–H and O–H groups in total. The molecule has 2 fully saturated rings. The van der Waals surface area contributed by atoms with E-state index in [2.05, 4.69) is 10.0 Å². The largest absolute Gasteiger partial charge is 0.394 e. The van der Waals surface area contributed by atoms with Gasteiger partial charge in [0, 0.05) is 11.5 Å². The van der Waals surface area contributed by atoms with Gasteiger partial charge in [-0.2, -0.15) is 0 Å². The van der Waals surface area contributed by atoms with Crippen LogP contribution in [0.25, 0.3) is 10.4 Å². The van der Waals surface area contributed by atoms with E-state index in [1.54, 1.807) is 0 Å². The highest BCUT2D eigenvalue weighted by atomic mass is 16.8. The van der Waals surface area contributed by atoms with Gasteiger partial charge >= 0.3 is 0 Å². The van der Waals surface area contributed by atoms with Crippen LogP contribution >= 0.6 is 0 Å². The molecule has 8 nitrogen and oxygen atoms in total. The average molecular weight is 287 g/mol. The first-order chi connectivity index (χ1) is 9.39. The lowest BCUT2D eigenvalue weighted by Crippen LogP contribution is -2.41. The molecule has 0 aromatic heterocycles. The lowest BCUT2D eigenvalue weighted by atomic mass is 9.87. The predicted octanol–water partition coefficient (Wildman–Crippen LogP) is 0.167. The number of hydrogen-bond donors (Lipinski definition) is 3. The summed E-state index contributed by atoms with van der Waals surface area (Å²) in [6.45, 7) is 3.26. The molecular weight excluding hydrogens is 266 g/mol. The van der Waals surface area contributed by atoms with Crippen molar-refractivity contribution in [3.63, 3.8) is 0 Å². The minimum atomic E-state index is -1.22. The second-order valence-corrected chi connectivity index (χ2v) is 5.86. The second-order valence-electron chi connectivity index (χ2n) is 5.86. The summed E-state index contributed by atoms with van der Waals surface area (Å²) >= 11 is 0.